The van der Waals surface area contributed by atoms with Crippen LogP contribution in [0.1, 0.15) is 19.4 Å². The Morgan fingerprint density at radius 2 is 1.85 bits per heavy atom. The highest BCUT2D eigenvalue weighted by molar-refractivity contribution is 6.13. The minimum Gasteiger partial charge on any atom is -0.383 e. The van der Waals surface area contributed by atoms with Crippen molar-refractivity contribution in [1.29, 1.82) is 0 Å². The van der Waals surface area contributed by atoms with Crippen molar-refractivity contribution in [3.8, 4) is 17.5 Å². The Balaban J connectivity index is 2.00. The molecule has 4 nitrogen and oxygen atoms in total. The lowest BCUT2D eigenvalue weighted by Gasteiger charge is -2.09. The molecule has 0 aliphatic heterocycles. The van der Waals surface area contributed by atoms with E-state index < -0.39 is 5.60 Å². The first-order valence-corrected chi connectivity index (χ1v) is 8.44. The number of rotatable bonds is 1. The van der Waals surface area contributed by atoms with Crippen LogP contribution in [0.25, 0.3) is 27.5 Å². The third kappa shape index (κ3) is 2.79. The molecule has 0 fully saturated rings. The summed E-state index contributed by atoms with van der Waals surface area (Å²) < 4.78 is 2.16. The van der Waals surface area contributed by atoms with Gasteiger partial charge < -0.3 is 15.4 Å². The largest absolute Gasteiger partial charge is 0.383 e. The van der Waals surface area contributed by atoms with Gasteiger partial charge in [0.1, 0.15) is 11.4 Å². The highest BCUT2D eigenvalue weighted by Gasteiger charge is 2.14. The predicted octanol–water partition coefficient (Wildman–Crippen LogP) is 3.88. The van der Waals surface area contributed by atoms with Crippen molar-refractivity contribution in [2.75, 3.05) is 5.73 Å². The van der Waals surface area contributed by atoms with Crippen molar-refractivity contribution >= 4 is 27.6 Å². The minimum absolute atomic E-state index is 0.524. The number of hydrogen-bond donors (Lipinski definition) is 2. The van der Waals surface area contributed by atoms with Crippen LogP contribution in [0.5, 0.6) is 0 Å². The maximum absolute atomic E-state index is 9.85. The SMILES string of the molecule is CC(C)(O)C#Cc1cccc(-n2c3ccccc3c3c(N)nccc32)c1. The quantitative estimate of drug-likeness (QED) is 0.516. The van der Waals surface area contributed by atoms with Gasteiger partial charge in [0.15, 0.2) is 0 Å². The Kier molecular flexibility index (Phi) is 3.68. The lowest BCUT2D eigenvalue weighted by molar-refractivity contribution is 0.143. The second kappa shape index (κ2) is 5.91. The first-order valence-electron chi connectivity index (χ1n) is 8.44. The molecule has 2 aromatic heterocycles. The van der Waals surface area contributed by atoms with Gasteiger partial charge in [0.2, 0.25) is 0 Å². The van der Waals surface area contributed by atoms with Crippen LogP contribution < -0.4 is 5.73 Å². The van der Waals surface area contributed by atoms with Crippen molar-refractivity contribution in [3.05, 3.63) is 66.4 Å². The summed E-state index contributed by atoms with van der Waals surface area (Å²) in [7, 11) is 0. The Bertz CT molecular complexity index is 1190. The second-order valence-corrected chi connectivity index (χ2v) is 6.80. The summed E-state index contributed by atoms with van der Waals surface area (Å²) in [5.41, 5.74) is 9.05. The average Bonchev–Trinajstić information content (AvgIpc) is 2.95. The molecule has 4 aromatic rings. The molecule has 4 rings (SSSR count). The van der Waals surface area contributed by atoms with Crippen LogP contribution in [0.2, 0.25) is 0 Å². The number of fused-ring (bicyclic) bond motifs is 3. The third-order valence-electron chi connectivity index (χ3n) is 4.23. The van der Waals surface area contributed by atoms with E-state index in [1.807, 2.05) is 42.5 Å². The summed E-state index contributed by atoms with van der Waals surface area (Å²) >= 11 is 0. The molecule has 26 heavy (non-hydrogen) atoms. The van der Waals surface area contributed by atoms with E-state index in [9.17, 15) is 5.11 Å². The van der Waals surface area contributed by atoms with Crippen LogP contribution in [-0.4, -0.2) is 20.3 Å². The van der Waals surface area contributed by atoms with E-state index in [4.69, 9.17) is 5.73 Å². The van der Waals surface area contributed by atoms with Gasteiger partial charge in [-0.3, -0.25) is 0 Å². The van der Waals surface area contributed by atoms with E-state index >= 15 is 0 Å². The van der Waals surface area contributed by atoms with E-state index in [1.165, 1.54) is 0 Å². The molecule has 2 heterocycles. The summed E-state index contributed by atoms with van der Waals surface area (Å²) in [6.07, 6.45) is 1.73. The summed E-state index contributed by atoms with van der Waals surface area (Å²) in [6, 6.07) is 18.1. The highest BCUT2D eigenvalue weighted by atomic mass is 16.3. The van der Waals surface area contributed by atoms with Gasteiger partial charge in [0.25, 0.3) is 0 Å². The molecule has 0 atom stereocenters. The van der Waals surface area contributed by atoms with Gasteiger partial charge in [-0.1, -0.05) is 36.1 Å². The predicted molar refractivity (Wildman–Crippen MR) is 106 cm³/mol. The number of para-hydroxylation sites is 1. The molecule has 0 spiro atoms. The second-order valence-electron chi connectivity index (χ2n) is 6.80. The molecule has 0 aliphatic rings. The molecule has 0 saturated carbocycles. The summed E-state index contributed by atoms with van der Waals surface area (Å²) in [5.74, 6) is 6.43. The topological polar surface area (TPSA) is 64.1 Å². The molecule has 4 heteroatoms. The number of nitrogens with zero attached hydrogens (tertiary/aromatic N) is 2. The standard InChI is InChI=1S/C22H19N3O/c1-22(2,26)12-10-15-6-5-7-16(14-15)25-18-9-4-3-8-17(18)20-19(25)11-13-24-21(20)23/h3-9,11,13-14,26H,1-2H3,(H2,23,24). The van der Waals surface area contributed by atoms with Crippen molar-refractivity contribution in [2.24, 2.45) is 0 Å². The van der Waals surface area contributed by atoms with Gasteiger partial charge in [0.05, 0.1) is 16.4 Å². The van der Waals surface area contributed by atoms with Crippen LogP contribution in [0.15, 0.2) is 60.8 Å². The van der Waals surface area contributed by atoms with Gasteiger partial charge in [0, 0.05) is 22.8 Å². The lowest BCUT2D eigenvalue weighted by Crippen LogP contribution is -2.14. The van der Waals surface area contributed by atoms with Crippen LogP contribution >= 0.6 is 0 Å². The summed E-state index contributed by atoms with van der Waals surface area (Å²) in [5, 5.41) is 11.9. The van der Waals surface area contributed by atoms with E-state index in [-0.39, 0.29) is 0 Å². The Morgan fingerprint density at radius 1 is 1.04 bits per heavy atom. The number of aliphatic hydroxyl groups is 1. The number of pyridine rings is 1. The normalized spacial score (nSPS) is 11.5. The van der Waals surface area contributed by atoms with E-state index in [1.54, 1.807) is 20.0 Å². The van der Waals surface area contributed by atoms with Gasteiger partial charge in [-0.05, 0) is 44.2 Å². The van der Waals surface area contributed by atoms with Gasteiger partial charge in [-0.15, -0.1) is 0 Å². The first-order chi connectivity index (χ1) is 12.4. The molecule has 0 amide bonds. The molecule has 2 aromatic carbocycles. The van der Waals surface area contributed by atoms with Gasteiger partial charge in [-0.2, -0.15) is 0 Å². The van der Waals surface area contributed by atoms with Crippen LogP contribution in [0.4, 0.5) is 5.82 Å². The van der Waals surface area contributed by atoms with Crippen LogP contribution in [0.3, 0.4) is 0 Å². The van der Waals surface area contributed by atoms with Crippen LogP contribution in [-0.2, 0) is 0 Å². The fourth-order valence-corrected chi connectivity index (χ4v) is 3.17. The maximum atomic E-state index is 9.85. The van der Waals surface area contributed by atoms with Crippen molar-refractivity contribution in [1.82, 2.24) is 9.55 Å². The zero-order valence-corrected chi connectivity index (χ0v) is 14.7. The van der Waals surface area contributed by atoms with E-state index in [2.05, 4.69) is 33.5 Å². The highest BCUT2D eigenvalue weighted by Crippen LogP contribution is 2.34. The number of benzene rings is 2. The molecular formula is C22H19N3O. The molecule has 128 valence electrons. The Hall–Kier alpha value is -3.29. The monoisotopic (exact) mass is 341 g/mol. The van der Waals surface area contributed by atoms with Crippen molar-refractivity contribution in [2.45, 2.75) is 19.4 Å². The van der Waals surface area contributed by atoms with E-state index in [0.717, 1.165) is 33.1 Å². The fraction of sp³-hybridized carbons (Fsp3) is 0.136. The number of aromatic nitrogens is 2. The molecule has 3 N–H and O–H groups in total. The van der Waals surface area contributed by atoms with E-state index in [0.29, 0.717) is 5.82 Å². The number of nitrogens with two attached hydrogens (primary N) is 1. The van der Waals surface area contributed by atoms with Gasteiger partial charge >= 0.3 is 0 Å². The van der Waals surface area contributed by atoms with Gasteiger partial charge in [-0.25, -0.2) is 4.98 Å². The molecule has 0 saturated heterocycles. The molecular weight excluding hydrogens is 322 g/mol. The average molecular weight is 341 g/mol. The molecule has 0 aliphatic carbocycles. The summed E-state index contributed by atoms with van der Waals surface area (Å²) in [6.45, 7) is 3.35. The Labute approximate surface area is 151 Å². The summed E-state index contributed by atoms with van der Waals surface area (Å²) in [4.78, 5) is 4.25. The molecule has 0 bridgehead atoms. The van der Waals surface area contributed by atoms with Crippen molar-refractivity contribution in [3.63, 3.8) is 0 Å². The molecule has 0 radical (unpaired) electrons. The maximum Gasteiger partial charge on any atom is 0.133 e. The Morgan fingerprint density at radius 3 is 2.65 bits per heavy atom. The lowest BCUT2D eigenvalue weighted by atomic mass is 10.1. The third-order valence-corrected chi connectivity index (χ3v) is 4.23. The number of anilines is 1. The molecule has 0 unspecified atom stereocenters. The fourth-order valence-electron chi connectivity index (χ4n) is 3.17. The zero-order chi connectivity index (χ0) is 18.3. The zero-order valence-electron chi connectivity index (χ0n) is 14.7. The number of hydrogen-bond acceptors (Lipinski definition) is 3. The smallest absolute Gasteiger partial charge is 0.133 e. The van der Waals surface area contributed by atoms with Crippen LogP contribution in [0, 0.1) is 11.8 Å². The first kappa shape index (κ1) is 16.2. The van der Waals surface area contributed by atoms with Crippen molar-refractivity contribution < 1.29 is 5.11 Å². The number of nitrogen functional groups attached to an aromatic ring is 1. The minimum atomic E-state index is -1.02.